The molecule has 2 amide bonds. The third kappa shape index (κ3) is 3.94. The van der Waals surface area contributed by atoms with Crippen molar-refractivity contribution in [2.24, 2.45) is 0 Å². The Morgan fingerprint density at radius 1 is 0.960 bits per heavy atom. The highest BCUT2D eigenvalue weighted by molar-refractivity contribution is 5.98. The third-order valence-electron chi connectivity index (χ3n) is 4.44. The standard InChI is InChI=1S/C20H20N2O3/c1-14(23)15-6-8-17(9-7-15)20(25)21-12-19(24)22-11-10-16-4-2-3-5-18(16)13-22/h2-9H,10-13H2,1H3,(H,21,25). The van der Waals surface area contributed by atoms with E-state index in [1.165, 1.54) is 12.5 Å². The van der Waals surface area contributed by atoms with Gasteiger partial charge in [0.1, 0.15) is 0 Å². The number of carbonyl (C=O) groups excluding carboxylic acids is 3. The minimum absolute atomic E-state index is 0.0323. The van der Waals surface area contributed by atoms with Crippen molar-refractivity contribution in [3.63, 3.8) is 0 Å². The Morgan fingerprint density at radius 3 is 2.28 bits per heavy atom. The lowest BCUT2D eigenvalue weighted by atomic mass is 10.00. The van der Waals surface area contributed by atoms with Crippen LogP contribution in [0.2, 0.25) is 0 Å². The summed E-state index contributed by atoms with van der Waals surface area (Å²) in [5.74, 6) is -0.461. The van der Waals surface area contributed by atoms with Crippen molar-refractivity contribution in [2.75, 3.05) is 13.1 Å². The van der Waals surface area contributed by atoms with Gasteiger partial charge >= 0.3 is 0 Å². The van der Waals surface area contributed by atoms with Crippen LogP contribution in [0.3, 0.4) is 0 Å². The van der Waals surface area contributed by atoms with Gasteiger partial charge in [-0.1, -0.05) is 36.4 Å². The molecule has 1 aliphatic rings. The van der Waals surface area contributed by atoms with Gasteiger partial charge in [-0.2, -0.15) is 0 Å². The van der Waals surface area contributed by atoms with E-state index in [4.69, 9.17) is 0 Å². The Hall–Kier alpha value is -2.95. The molecule has 2 aromatic carbocycles. The van der Waals surface area contributed by atoms with Crippen LogP contribution >= 0.6 is 0 Å². The Morgan fingerprint density at radius 2 is 1.60 bits per heavy atom. The van der Waals surface area contributed by atoms with E-state index in [-0.39, 0.29) is 24.1 Å². The predicted molar refractivity (Wildman–Crippen MR) is 94.3 cm³/mol. The van der Waals surface area contributed by atoms with Gasteiger partial charge < -0.3 is 10.2 Å². The maximum atomic E-state index is 12.4. The Kier molecular flexibility index (Phi) is 4.93. The van der Waals surface area contributed by atoms with E-state index in [2.05, 4.69) is 11.4 Å². The van der Waals surface area contributed by atoms with E-state index in [0.717, 1.165) is 12.0 Å². The topological polar surface area (TPSA) is 66.5 Å². The lowest BCUT2D eigenvalue weighted by Gasteiger charge is -2.29. The summed E-state index contributed by atoms with van der Waals surface area (Å²) in [6, 6.07) is 14.5. The molecule has 0 atom stereocenters. The number of benzene rings is 2. The van der Waals surface area contributed by atoms with E-state index < -0.39 is 0 Å². The molecule has 0 radical (unpaired) electrons. The molecule has 0 saturated carbocycles. The van der Waals surface area contributed by atoms with Gasteiger partial charge in [-0.25, -0.2) is 0 Å². The first kappa shape index (κ1) is 16.9. The first-order valence-corrected chi connectivity index (χ1v) is 8.28. The number of Topliss-reactive ketones (excluding diaryl/α,β-unsaturated/α-hetero) is 1. The van der Waals surface area contributed by atoms with Crippen molar-refractivity contribution in [1.82, 2.24) is 10.2 Å². The van der Waals surface area contributed by atoms with Crippen molar-refractivity contribution < 1.29 is 14.4 Å². The highest BCUT2D eigenvalue weighted by atomic mass is 16.2. The van der Waals surface area contributed by atoms with Gasteiger partial charge in [0.15, 0.2) is 5.78 Å². The van der Waals surface area contributed by atoms with E-state index in [9.17, 15) is 14.4 Å². The van der Waals surface area contributed by atoms with Gasteiger partial charge in [0.2, 0.25) is 5.91 Å². The van der Waals surface area contributed by atoms with Crippen molar-refractivity contribution in [1.29, 1.82) is 0 Å². The van der Waals surface area contributed by atoms with E-state index in [1.807, 2.05) is 18.2 Å². The fourth-order valence-corrected chi connectivity index (χ4v) is 2.93. The number of fused-ring (bicyclic) bond motifs is 1. The summed E-state index contributed by atoms with van der Waals surface area (Å²) in [5, 5.41) is 2.65. The van der Waals surface area contributed by atoms with Gasteiger partial charge in [-0.15, -0.1) is 0 Å². The Labute approximate surface area is 146 Å². The fraction of sp³-hybridized carbons (Fsp3) is 0.250. The minimum Gasteiger partial charge on any atom is -0.343 e. The molecule has 3 rings (SSSR count). The van der Waals surface area contributed by atoms with Gasteiger partial charge in [-0.3, -0.25) is 14.4 Å². The molecule has 0 fully saturated rings. The lowest BCUT2D eigenvalue weighted by molar-refractivity contribution is -0.131. The van der Waals surface area contributed by atoms with Gasteiger partial charge in [0, 0.05) is 24.2 Å². The van der Waals surface area contributed by atoms with Crippen LogP contribution in [-0.2, 0) is 17.8 Å². The van der Waals surface area contributed by atoms with Crippen molar-refractivity contribution >= 4 is 17.6 Å². The second-order valence-electron chi connectivity index (χ2n) is 6.15. The Balaban J connectivity index is 1.55. The van der Waals surface area contributed by atoms with Crippen molar-refractivity contribution in [3.8, 4) is 0 Å². The van der Waals surface area contributed by atoms with Crippen LogP contribution in [0.1, 0.15) is 38.8 Å². The van der Waals surface area contributed by atoms with Crippen LogP contribution in [0.15, 0.2) is 48.5 Å². The summed E-state index contributed by atoms with van der Waals surface area (Å²) in [6.45, 7) is 2.69. The monoisotopic (exact) mass is 336 g/mol. The summed E-state index contributed by atoms with van der Waals surface area (Å²) < 4.78 is 0. The molecule has 1 aliphatic heterocycles. The number of hydrogen-bond donors (Lipinski definition) is 1. The molecule has 5 heteroatoms. The molecular formula is C20H20N2O3. The Bertz CT molecular complexity index is 812. The van der Waals surface area contributed by atoms with Crippen LogP contribution in [0.25, 0.3) is 0 Å². The van der Waals surface area contributed by atoms with Crippen molar-refractivity contribution in [3.05, 3.63) is 70.8 Å². The fourth-order valence-electron chi connectivity index (χ4n) is 2.93. The molecule has 0 unspecified atom stereocenters. The maximum absolute atomic E-state index is 12.4. The number of hydrogen-bond acceptors (Lipinski definition) is 3. The van der Waals surface area contributed by atoms with Gasteiger partial charge in [-0.05, 0) is 36.6 Å². The largest absolute Gasteiger partial charge is 0.343 e. The second-order valence-corrected chi connectivity index (χ2v) is 6.15. The molecule has 5 nitrogen and oxygen atoms in total. The molecule has 0 saturated heterocycles. The molecule has 25 heavy (non-hydrogen) atoms. The number of rotatable bonds is 4. The molecule has 1 heterocycles. The van der Waals surface area contributed by atoms with Crippen LogP contribution in [0, 0.1) is 0 Å². The van der Waals surface area contributed by atoms with Crippen LogP contribution in [0.5, 0.6) is 0 Å². The molecule has 2 aromatic rings. The molecule has 128 valence electrons. The third-order valence-corrected chi connectivity index (χ3v) is 4.44. The molecule has 0 aliphatic carbocycles. The summed E-state index contributed by atoms with van der Waals surface area (Å²) in [5.41, 5.74) is 3.43. The van der Waals surface area contributed by atoms with E-state index in [0.29, 0.717) is 24.2 Å². The number of nitrogens with one attached hydrogen (secondary N) is 1. The van der Waals surface area contributed by atoms with Gasteiger partial charge in [0.25, 0.3) is 5.91 Å². The first-order valence-electron chi connectivity index (χ1n) is 8.28. The first-order chi connectivity index (χ1) is 12.0. The zero-order valence-corrected chi connectivity index (χ0v) is 14.1. The van der Waals surface area contributed by atoms with E-state index in [1.54, 1.807) is 29.2 Å². The molecule has 0 bridgehead atoms. The maximum Gasteiger partial charge on any atom is 0.251 e. The minimum atomic E-state index is -0.319. The SMILES string of the molecule is CC(=O)c1ccc(C(=O)NCC(=O)N2CCc3ccccc3C2)cc1. The van der Waals surface area contributed by atoms with Crippen LogP contribution in [0.4, 0.5) is 0 Å². The summed E-state index contributed by atoms with van der Waals surface area (Å²) in [7, 11) is 0. The highest BCUT2D eigenvalue weighted by Gasteiger charge is 2.20. The molecule has 0 aromatic heterocycles. The molecular weight excluding hydrogens is 316 g/mol. The van der Waals surface area contributed by atoms with Crippen LogP contribution < -0.4 is 5.32 Å². The zero-order chi connectivity index (χ0) is 17.8. The smallest absolute Gasteiger partial charge is 0.251 e. The van der Waals surface area contributed by atoms with E-state index >= 15 is 0 Å². The highest BCUT2D eigenvalue weighted by Crippen LogP contribution is 2.18. The number of nitrogens with zero attached hydrogens (tertiary/aromatic N) is 1. The average Bonchev–Trinajstić information content (AvgIpc) is 2.65. The summed E-state index contributed by atoms with van der Waals surface area (Å²) in [4.78, 5) is 37.5. The summed E-state index contributed by atoms with van der Waals surface area (Å²) >= 11 is 0. The van der Waals surface area contributed by atoms with Crippen molar-refractivity contribution in [2.45, 2.75) is 19.9 Å². The molecule has 0 spiro atoms. The number of amides is 2. The average molecular weight is 336 g/mol. The number of ketones is 1. The quantitative estimate of drug-likeness (QED) is 0.871. The molecule has 1 N–H and O–H groups in total. The normalized spacial score (nSPS) is 13.1. The van der Waals surface area contributed by atoms with Gasteiger partial charge in [0.05, 0.1) is 6.54 Å². The number of carbonyl (C=O) groups is 3. The zero-order valence-electron chi connectivity index (χ0n) is 14.1. The van der Waals surface area contributed by atoms with Crippen LogP contribution in [-0.4, -0.2) is 35.6 Å². The second kappa shape index (κ2) is 7.30. The summed E-state index contributed by atoms with van der Waals surface area (Å²) in [6.07, 6.45) is 0.836. The predicted octanol–water partition coefficient (Wildman–Crippen LogP) is 2.20. The lowest BCUT2D eigenvalue weighted by Crippen LogP contribution is -2.42.